The molecule has 1 aromatic carbocycles. The Morgan fingerprint density at radius 1 is 1.28 bits per heavy atom. The minimum Gasteiger partial charge on any atom is -0.325 e. The summed E-state index contributed by atoms with van der Waals surface area (Å²) in [5, 5.41) is 21.2. The zero-order valence-corrected chi connectivity index (χ0v) is 18.5. The Balaban J connectivity index is 2.04. The van der Waals surface area contributed by atoms with Gasteiger partial charge < -0.3 is 9.88 Å². The van der Waals surface area contributed by atoms with E-state index in [0.29, 0.717) is 6.42 Å². The van der Waals surface area contributed by atoms with Gasteiger partial charge in [0.2, 0.25) is 5.91 Å². The van der Waals surface area contributed by atoms with Gasteiger partial charge in [0.1, 0.15) is 0 Å². The number of nitrogens with zero attached hydrogens (tertiary/aromatic N) is 5. The highest BCUT2D eigenvalue weighted by Crippen LogP contribution is 2.25. The van der Waals surface area contributed by atoms with E-state index in [4.69, 9.17) is 5.26 Å². The molecular formula is C21H30N6OS. The van der Waals surface area contributed by atoms with Crippen LogP contribution in [0.25, 0.3) is 0 Å². The smallest absolute Gasteiger partial charge is 0.234 e. The van der Waals surface area contributed by atoms with Gasteiger partial charge in [-0.3, -0.25) is 9.69 Å². The molecule has 1 atom stereocenters. The van der Waals surface area contributed by atoms with Gasteiger partial charge in [0.05, 0.1) is 24.3 Å². The van der Waals surface area contributed by atoms with E-state index in [0.717, 1.165) is 48.0 Å². The number of unbranched alkanes of at least 4 members (excludes halogenated alkanes) is 1. The molecule has 2 aromatic rings. The maximum Gasteiger partial charge on any atom is 0.234 e. The third-order valence-corrected chi connectivity index (χ3v) is 5.61. The normalized spacial score (nSPS) is 12.0. The van der Waals surface area contributed by atoms with Crippen molar-refractivity contribution in [1.29, 1.82) is 5.26 Å². The topological polar surface area (TPSA) is 86.8 Å². The fraction of sp³-hybridized carbons (Fsp3) is 0.524. The van der Waals surface area contributed by atoms with Crippen molar-refractivity contribution in [2.75, 3.05) is 25.2 Å². The first-order valence-corrected chi connectivity index (χ1v) is 11.0. The van der Waals surface area contributed by atoms with E-state index in [1.54, 1.807) is 0 Å². The molecule has 7 nitrogen and oxygen atoms in total. The largest absolute Gasteiger partial charge is 0.325 e. The number of amides is 1. The first-order chi connectivity index (χ1) is 14.0. The Bertz CT molecular complexity index is 825. The summed E-state index contributed by atoms with van der Waals surface area (Å²) in [4.78, 5) is 14.5. The Labute approximate surface area is 177 Å². The molecule has 0 spiro atoms. The van der Waals surface area contributed by atoms with Crippen molar-refractivity contribution in [2.45, 2.75) is 57.3 Å². The van der Waals surface area contributed by atoms with Crippen molar-refractivity contribution in [2.24, 2.45) is 0 Å². The van der Waals surface area contributed by atoms with E-state index >= 15 is 0 Å². The van der Waals surface area contributed by atoms with Crippen LogP contribution in [0, 0.1) is 11.3 Å². The van der Waals surface area contributed by atoms with E-state index in [9.17, 15) is 4.79 Å². The average Bonchev–Trinajstić information content (AvgIpc) is 3.09. The molecule has 0 unspecified atom stereocenters. The van der Waals surface area contributed by atoms with Crippen molar-refractivity contribution in [3.63, 3.8) is 0 Å². The van der Waals surface area contributed by atoms with Crippen molar-refractivity contribution < 1.29 is 4.79 Å². The number of anilines is 1. The lowest BCUT2D eigenvalue weighted by molar-refractivity contribution is -0.113. The Morgan fingerprint density at radius 2 is 2.00 bits per heavy atom. The Morgan fingerprint density at radius 3 is 2.59 bits per heavy atom. The second kappa shape index (κ2) is 11.6. The molecule has 1 N–H and O–H groups in total. The minimum atomic E-state index is -0.0886. The molecule has 2 rings (SSSR count). The van der Waals surface area contributed by atoms with Gasteiger partial charge in [-0.2, -0.15) is 5.26 Å². The molecule has 29 heavy (non-hydrogen) atoms. The Hall–Kier alpha value is -2.37. The molecule has 156 valence electrons. The Kier molecular flexibility index (Phi) is 9.16. The highest BCUT2D eigenvalue weighted by molar-refractivity contribution is 7.99. The quantitative estimate of drug-likeness (QED) is 0.561. The molecule has 0 aliphatic heterocycles. The number of benzene rings is 1. The minimum absolute atomic E-state index is 0.0886. The van der Waals surface area contributed by atoms with Crippen LogP contribution in [0.5, 0.6) is 0 Å². The van der Waals surface area contributed by atoms with Gasteiger partial charge in [-0.25, -0.2) is 0 Å². The van der Waals surface area contributed by atoms with Crippen molar-refractivity contribution in [3.05, 3.63) is 35.7 Å². The summed E-state index contributed by atoms with van der Waals surface area (Å²) in [6.07, 6.45) is 3.45. The van der Waals surface area contributed by atoms with Crippen molar-refractivity contribution in [3.8, 4) is 6.07 Å². The third-order valence-electron chi connectivity index (χ3n) is 4.64. The molecule has 0 aliphatic carbocycles. The number of hydrogen-bond acceptors (Lipinski definition) is 6. The predicted molar refractivity (Wildman–Crippen MR) is 117 cm³/mol. The van der Waals surface area contributed by atoms with Crippen LogP contribution in [-0.2, 0) is 17.8 Å². The standard InChI is InChI=1S/C21H30N6OS/c1-5-7-14-27-20(18(6-2)26(3)4)24-25-21(27)29-15-19(28)23-17-10-8-16(9-11-17)12-13-22/h8-11,18H,5-7,12,14-15H2,1-4H3,(H,23,28)/t18-/m0/s1. The zero-order valence-electron chi connectivity index (χ0n) is 17.7. The molecule has 8 heteroatoms. The lowest BCUT2D eigenvalue weighted by atomic mass is 10.1. The summed E-state index contributed by atoms with van der Waals surface area (Å²) < 4.78 is 2.16. The number of nitrogens with one attached hydrogen (secondary N) is 1. The van der Waals surface area contributed by atoms with Crippen LogP contribution < -0.4 is 5.32 Å². The molecule has 1 amide bonds. The first kappa shape index (κ1) is 22.9. The monoisotopic (exact) mass is 414 g/mol. The third kappa shape index (κ3) is 6.58. The molecule has 0 radical (unpaired) electrons. The van der Waals surface area contributed by atoms with Gasteiger partial charge >= 0.3 is 0 Å². The van der Waals surface area contributed by atoms with Gasteiger partial charge in [0.25, 0.3) is 0 Å². The number of nitriles is 1. The molecule has 0 aliphatic rings. The number of carbonyl (C=O) groups is 1. The van der Waals surface area contributed by atoms with Crippen LogP contribution in [0.4, 0.5) is 5.69 Å². The van der Waals surface area contributed by atoms with E-state index < -0.39 is 0 Å². The maximum atomic E-state index is 12.4. The second-order valence-electron chi connectivity index (χ2n) is 7.10. The lowest BCUT2D eigenvalue weighted by Crippen LogP contribution is -2.23. The molecule has 1 aromatic heterocycles. The second-order valence-corrected chi connectivity index (χ2v) is 8.04. The summed E-state index contributed by atoms with van der Waals surface area (Å²) in [5.74, 6) is 1.14. The van der Waals surface area contributed by atoms with Crippen LogP contribution in [0.3, 0.4) is 0 Å². The maximum absolute atomic E-state index is 12.4. The molecular weight excluding hydrogens is 384 g/mol. The molecule has 1 heterocycles. The van der Waals surface area contributed by atoms with Gasteiger partial charge in [-0.1, -0.05) is 44.2 Å². The fourth-order valence-electron chi connectivity index (χ4n) is 3.08. The summed E-state index contributed by atoms with van der Waals surface area (Å²) in [6.45, 7) is 5.16. The number of thioether (sulfide) groups is 1. The highest BCUT2D eigenvalue weighted by atomic mass is 32.2. The van der Waals surface area contributed by atoms with Crippen molar-refractivity contribution >= 4 is 23.4 Å². The highest BCUT2D eigenvalue weighted by Gasteiger charge is 2.22. The molecule has 0 saturated carbocycles. The van der Waals surface area contributed by atoms with Crippen LogP contribution in [0.1, 0.15) is 50.5 Å². The van der Waals surface area contributed by atoms with Crippen molar-refractivity contribution in [1.82, 2.24) is 19.7 Å². The van der Waals surface area contributed by atoms with Crippen LogP contribution >= 0.6 is 11.8 Å². The van der Waals surface area contributed by atoms with Gasteiger partial charge in [0, 0.05) is 12.2 Å². The molecule has 0 bridgehead atoms. The number of aromatic nitrogens is 3. The molecule has 0 saturated heterocycles. The zero-order chi connectivity index (χ0) is 21.2. The summed E-state index contributed by atoms with van der Waals surface area (Å²) in [7, 11) is 4.10. The number of hydrogen-bond donors (Lipinski definition) is 1. The first-order valence-electron chi connectivity index (χ1n) is 9.98. The average molecular weight is 415 g/mol. The predicted octanol–water partition coefficient (Wildman–Crippen LogP) is 3.89. The fourth-order valence-corrected chi connectivity index (χ4v) is 3.85. The summed E-state index contributed by atoms with van der Waals surface area (Å²) >= 11 is 1.41. The SMILES string of the molecule is CCCCn1c(SCC(=O)Nc2ccc(CC#N)cc2)nnc1[C@H](CC)N(C)C. The van der Waals surface area contributed by atoms with E-state index in [1.807, 2.05) is 24.3 Å². The van der Waals surface area contributed by atoms with Gasteiger partial charge in [-0.15, -0.1) is 10.2 Å². The van der Waals surface area contributed by atoms with Gasteiger partial charge in [-0.05, 0) is 44.6 Å². The van der Waals surface area contributed by atoms with Crippen LogP contribution in [0.15, 0.2) is 29.4 Å². The van der Waals surface area contributed by atoms with E-state index in [1.165, 1.54) is 11.8 Å². The van der Waals surface area contributed by atoms with Crippen LogP contribution in [-0.4, -0.2) is 45.4 Å². The van der Waals surface area contributed by atoms with E-state index in [-0.39, 0.29) is 17.7 Å². The number of rotatable bonds is 11. The van der Waals surface area contributed by atoms with E-state index in [2.05, 4.69) is 59.0 Å². The molecule has 0 fully saturated rings. The number of carbonyl (C=O) groups excluding carboxylic acids is 1. The van der Waals surface area contributed by atoms with Crippen LogP contribution in [0.2, 0.25) is 0 Å². The lowest BCUT2D eigenvalue weighted by Gasteiger charge is -2.23. The summed E-state index contributed by atoms with van der Waals surface area (Å²) in [6, 6.07) is 9.66. The van der Waals surface area contributed by atoms with Gasteiger partial charge in [0.15, 0.2) is 11.0 Å². The summed E-state index contributed by atoms with van der Waals surface area (Å²) in [5.41, 5.74) is 1.66.